The molecule has 6 nitrogen and oxygen atoms in total. The third-order valence-electron chi connectivity index (χ3n) is 3.30. The minimum absolute atomic E-state index is 0.305. The van der Waals surface area contributed by atoms with Gasteiger partial charge in [-0.3, -0.25) is 4.68 Å². The van der Waals surface area contributed by atoms with E-state index in [9.17, 15) is 0 Å². The lowest BCUT2D eigenvalue weighted by Gasteiger charge is -1.99. The second kappa shape index (κ2) is 4.89. The minimum atomic E-state index is 0.305. The van der Waals surface area contributed by atoms with Crippen molar-refractivity contribution in [3.05, 3.63) is 29.7 Å². The average molecular weight is 248 g/mol. The van der Waals surface area contributed by atoms with Crippen LogP contribution in [0.4, 0.5) is 0 Å². The fourth-order valence-electron chi connectivity index (χ4n) is 2.16. The molecule has 2 aromatic heterocycles. The third kappa shape index (κ3) is 2.28. The molecule has 0 spiro atoms. The molecule has 96 valence electrons. The predicted molar refractivity (Wildman–Crippen MR) is 63.1 cm³/mol. The van der Waals surface area contributed by atoms with Crippen molar-refractivity contribution < 1.29 is 9.26 Å². The van der Waals surface area contributed by atoms with Crippen molar-refractivity contribution in [3.63, 3.8) is 0 Å². The van der Waals surface area contributed by atoms with Crippen molar-refractivity contribution in [2.75, 3.05) is 13.2 Å². The molecule has 6 heteroatoms. The topological polar surface area (TPSA) is 66.0 Å². The summed E-state index contributed by atoms with van der Waals surface area (Å²) in [4.78, 5) is 4.43. The number of aromatic nitrogens is 4. The van der Waals surface area contributed by atoms with E-state index in [-0.39, 0.29) is 0 Å². The maximum atomic E-state index is 5.32. The van der Waals surface area contributed by atoms with E-state index in [1.807, 2.05) is 17.8 Å². The summed E-state index contributed by atoms with van der Waals surface area (Å²) in [5.41, 5.74) is 1.17. The molecule has 1 aliphatic rings. The highest BCUT2D eigenvalue weighted by molar-refractivity contribution is 5.03. The summed E-state index contributed by atoms with van der Waals surface area (Å²) >= 11 is 0. The van der Waals surface area contributed by atoms with E-state index in [1.165, 1.54) is 5.69 Å². The summed E-state index contributed by atoms with van der Waals surface area (Å²) in [5, 5.41) is 8.16. The van der Waals surface area contributed by atoms with Crippen molar-refractivity contribution in [3.8, 4) is 0 Å². The van der Waals surface area contributed by atoms with Gasteiger partial charge in [0.25, 0.3) is 0 Å². The maximum absolute atomic E-state index is 5.32. The van der Waals surface area contributed by atoms with Crippen LogP contribution in [0, 0.1) is 0 Å². The molecule has 1 saturated heterocycles. The molecule has 18 heavy (non-hydrogen) atoms. The van der Waals surface area contributed by atoms with Crippen LogP contribution in [0.1, 0.15) is 29.7 Å². The minimum Gasteiger partial charge on any atom is -0.381 e. The molecule has 0 aromatic carbocycles. The third-order valence-corrected chi connectivity index (χ3v) is 3.30. The zero-order valence-electron chi connectivity index (χ0n) is 10.4. The molecule has 0 saturated carbocycles. The zero-order chi connectivity index (χ0) is 12.4. The quantitative estimate of drug-likeness (QED) is 0.810. The van der Waals surface area contributed by atoms with Gasteiger partial charge < -0.3 is 9.26 Å². The summed E-state index contributed by atoms with van der Waals surface area (Å²) in [6, 6.07) is 2.00. The van der Waals surface area contributed by atoms with Gasteiger partial charge >= 0.3 is 0 Å². The van der Waals surface area contributed by atoms with Crippen LogP contribution in [0.25, 0.3) is 0 Å². The van der Waals surface area contributed by atoms with Gasteiger partial charge in [-0.15, -0.1) is 0 Å². The fourth-order valence-corrected chi connectivity index (χ4v) is 2.16. The Balaban J connectivity index is 1.61. The van der Waals surface area contributed by atoms with Gasteiger partial charge in [0.15, 0.2) is 5.82 Å². The second-order valence-corrected chi connectivity index (χ2v) is 4.55. The van der Waals surface area contributed by atoms with Crippen LogP contribution in [0.3, 0.4) is 0 Å². The van der Waals surface area contributed by atoms with E-state index in [4.69, 9.17) is 9.26 Å². The standard InChI is InChI=1S/C12H16N4O2/c1-16-10(4-6-13-16)2-3-11-14-12(15-18-11)9-5-7-17-8-9/h4,6,9H,2-3,5,7-8H2,1H3. The van der Waals surface area contributed by atoms with Gasteiger partial charge in [-0.1, -0.05) is 5.16 Å². The smallest absolute Gasteiger partial charge is 0.227 e. The van der Waals surface area contributed by atoms with Gasteiger partial charge in [0.2, 0.25) is 5.89 Å². The molecule has 0 bridgehead atoms. The van der Waals surface area contributed by atoms with Gasteiger partial charge in [0.05, 0.1) is 6.61 Å². The maximum Gasteiger partial charge on any atom is 0.227 e. The molecule has 1 aliphatic heterocycles. The molecule has 0 amide bonds. The summed E-state index contributed by atoms with van der Waals surface area (Å²) < 4.78 is 12.5. The van der Waals surface area contributed by atoms with Gasteiger partial charge in [0.1, 0.15) is 0 Å². The van der Waals surface area contributed by atoms with Crippen LogP contribution >= 0.6 is 0 Å². The average Bonchev–Trinajstić information content (AvgIpc) is 3.08. The largest absolute Gasteiger partial charge is 0.381 e. The van der Waals surface area contributed by atoms with E-state index in [0.29, 0.717) is 18.4 Å². The number of rotatable bonds is 4. The Morgan fingerprint density at radius 3 is 3.11 bits per heavy atom. The molecular formula is C12H16N4O2. The monoisotopic (exact) mass is 248 g/mol. The van der Waals surface area contributed by atoms with Crippen LogP contribution in [0.5, 0.6) is 0 Å². The van der Waals surface area contributed by atoms with E-state index in [2.05, 4.69) is 15.2 Å². The highest BCUT2D eigenvalue weighted by Crippen LogP contribution is 2.22. The predicted octanol–water partition coefficient (Wildman–Crippen LogP) is 1.09. The lowest BCUT2D eigenvalue weighted by molar-refractivity contribution is 0.192. The molecule has 0 aliphatic carbocycles. The molecule has 0 N–H and O–H groups in total. The van der Waals surface area contributed by atoms with Crippen molar-refractivity contribution >= 4 is 0 Å². The van der Waals surface area contributed by atoms with Crippen molar-refractivity contribution in [2.24, 2.45) is 7.05 Å². The van der Waals surface area contributed by atoms with E-state index >= 15 is 0 Å². The molecule has 1 unspecified atom stereocenters. The van der Waals surface area contributed by atoms with Crippen LogP contribution < -0.4 is 0 Å². The first-order valence-corrected chi connectivity index (χ1v) is 6.20. The Morgan fingerprint density at radius 1 is 1.44 bits per heavy atom. The first-order valence-electron chi connectivity index (χ1n) is 6.20. The molecule has 2 aromatic rings. The molecule has 1 atom stereocenters. The van der Waals surface area contributed by atoms with Gasteiger partial charge in [-0.2, -0.15) is 10.1 Å². The van der Waals surface area contributed by atoms with Crippen LogP contribution in [-0.4, -0.2) is 33.1 Å². The number of nitrogens with zero attached hydrogens (tertiary/aromatic N) is 4. The molecule has 3 rings (SSSR count). The number of ether oxygens (including phenoxy) is 1. The summed E-state index contributed by atoms with van der Waals surface area (Å²) in [6.45, 7) is 1.50. The molecule has 0 radical (unpaired) electrons. The summed E-state index contributed by atoms with van der Waals surface area (Å²) in [6.07, 6.45) is 4.39. The van der Waals surface area contributed by atoms with Crippen molar-refractivity contribution in [1.29, 1.82) is 0 Å². The Labute approximate surface area is 105 Å². The Morgan fingerprint density at radius 2 is 2.39 bits per heavy atom. The van der Waals surface area contributed by atoms with Gasteiger partial charge in [0, 0.05) is 37.9 Å². The van der Waals surface area contributed by atoms with Crippen molar-refractivity contribution in [1.82, 2.24) is 19.9 Å². The van der Waals surface area contributed by atoms with Crippen LogP contribution in [-0.2, 0) is 24.6 Å². The first kappa shape index (κ1) is 11.4. The highest BCUT2D eigenvalue weighted by Gasteiger charge is 2.22. The van der Waals surface area contributed by atoms with Crippen LogP contribution in [0.15, 0.2) is 16.8 Å². The lowest BCUT2D eigenvalue weighted by atomic mass is 10.1. The molecular weight excluding hydrogens is 232 g/mol. The Kier molecular flexibility index (Phi) is 3.10. The lowest BCUT2D eigenvalue weighted by Crippen LogP contribution is -2.02. The Bertz CT molecular complexity index is 514. The Hall–Kier alpha value is -1.69. The fraction of sp³-hybridized carbons (Fsp3) is 0.583. The molecule has 3 heterocycles. The number of aryl methyl sites for hydroxylation is 3. The number of hydrogen-bond donors (Lipinski definition) is 0. The van der Waals surface area contributed by atoms with E-state index in [1.54, 1.807) is 6.20 Å². The normalized spacial score (nSPS) is 19.5. The van der Waals surface area contributed by atoms with E-state index < -0.39 is 0 Å². The summed E-state index contributed by atoms with van der Waals surface area (Å²) in [5.74, 6) is 1.78. The van der Waals surface area contributed by atoms with Crippen LogP contribution in [0.2, 0.25) is 0 Å². The van der Waals surface area contributed by atoms with Gasteiger partial charge in [-0.05, 0) is 18.9 Å². The SMILES string of the molecule is Cn1nccc1CCc1nc(C2CCOC2)no1. The summed E-state index contributed by atoms with van der Waals surface area (Å²) in [7, 11) is 1.93. The van der Waals surface area contributed by atoms with Gasteiger partial charge in [-0.25, -0.2) is 0 Å². The first-order chi connectivity index (χ1) is 8.83. The second-order valence-electron chi connectivity index (χ2n) is 4.55. The van der Waals surface area contributed by atoms with Crippen molar-refractivity contribution in [2.45, 2.75) is 25.2 Å². The highest BCUT2D eigenvalue weighted by atomic mass is 16.5. The molecule has 1 fully saturated rings. The van der Waals surface area contributed by atoms with E-state index in [0.717, 1.165) is 31.7 Å². The number of hydrogen-bond acceptors (Lipinski definition) is 5. The zero-order valence-corrected chi connectivity index (χ0v) is 10.4.